The molecule has 0 saturated heterocycles. The molecule has 2 aromatic rings. The first-order valence-corrected chi connectivity index (χ1v) is 10.9. The van der Waals surface area contributed by atoms with Crippen molar-refractivity contribution in [2.75, 3.05) is 27.2 Å². The zero-order valence-corrected chi connectivity index (χ0v) is 20.8. The van der Waals surface area contributed by atoms with E-state index in [0.717, 1.165) is 0 Å². The summed E-state index contributed by atoms with van der Waals surface area (Å²) < 4.78 is 20.6. The topological polar surface area (TPSA) is 138 Å². The van der Waals surface area contributed by atoms with E-state index in [9.17, 15) is 24.5 Å². The van der Waals surface area contributed by atoms with Crippen molar-refractivity contribution in [1.29, 1.82) is 0 Å². The van der Waals surface area contributed by atoms with E-state index < -0.39 is 28.9 Å². The molecule has 0 radical (unpaired) electrons. The van der Waals surface area contributed by atoms with Crippen LogP contribution in [0.1, 0.15) is 26.3 Å². The maximum absolute atomic E-state index is 12.3. The zero-order chi connectivity index (χ0) is 26.9. The quantitative estimate of drug-likeness (QED) is 0.219. The summed E-state index contributed by atoms with van der Waals surface area (Å²) in [5.74, 6) is 0.388. The van der Waals surface area contributed by atoms with Gasteiger partial charge in [0.05, 0.1) is 4.92 Å². The van der Waals surface area contributed by atoms with Crippen LogP contribution in [-0.2, 0) is 16.1 Å². The van der Waals surface area contributed by atoms with Crippen LogP contribution in [0.25, 0.3) is 0 Å². The van der Waals surface area contributed by atoms with Crippen LogP contribution in [0.2, 0.25) is 0 Å². The Kier molecular flexibility index (Phi) is 9.59. The molecule has 2 rings (SSSR count). The number of hydrogen-bond acceptors (Lipinski definition) is 9. The van der Waals surface area contributed by atoms with E-state index >= 15 is 0 Å². The van der Waals surface area contributed by atoms with E-state index in [0.29, 0.717) is 5.56 Å². The minimum absolute atomic E-state index is 0.100. The monoisotopic (exact) mass is 503 g/mol. The van der Waals surface area contributed by atoms with Gasteiger partial charge in [0.25, 0.3) is 5.69 Å². The lowest BCUT2D eigenvalue weighted by molar-refractivity contribution is -0.384. The molecule has 0 aliphatic rings. The molecule has 0 saturated carbocycles. The number of likely N-dealkylation sites (N-methyl/N-ethyl adjacent to an activating group) is 2. The molecule has 0 fully saturated rings. The average molecular weight is 504 g/mol. The van der Waals surface area contributed by atoms with E-state index in [1.54, 1.807) is 59.1 Å². The van der Waals surface area contributed by atoms with E-state index in [4.69, 9.17) is 18.9 Å². The van der Waals surface area contributed by atoms with Gasteiger partial charge in [-0.1, -0.05) is 12.1 Å². The molecule has 0 aliphatic carbocycles. The van der Waals surface area contributed by atoms with E-state index in [1.165, 1.54) is 34.1 Å². The first-order chi connectivity index (χ1) is 16.8. The summed E-state index contributed by atoms with van der Waals surface area (Å²) in [6, 6.07) is 11.3. The van der Waals surface area contributed by atoms with Crippen molar-refractivity contribution < 1.29 is 38.3 Å². The maximum Gasteiger partial charge on any atom is 0.514 e. The van der Waals surface area contributed by atoms with Crippen LogP contribution < -0.4 is 9.47 Å². The highest BCUT2D eigenvalue weighted by molar-refractivity contribution is 5.71. The molecular weight excluding hydrogens is 474 g/mol. The first-order valence-electron chi connectivity index (χ1n) is 10.9. The maximum atomic E-state index is 12.3. The van der Waals surface area contributed by atoms with Crippen LogP contribution in [0.5, 0.6) is 11.5 Å². The van der Waals surface area contributed by atoms with Crippen LogP contribution in [-0.4, -0.2) is 65.9 Å². The lowest BCUT2D eigenvalue weighted by Gasteiger charge is -2.26. The summed E-state index contributed by atoms with van der Waals surface area (Å²) in [6.07, 6.45) is -2.07. The van der Waals surface area contributed by atoms with Crippen LogP contribution in [0.15, 0.2) is 48.5 Å². The molecule has 0 bridgehead atoms. The number of non-ortho nitro benzene ring substituents is 1. The third-order valence-corrected chi connectivity index (χ3v) is 4.52. The van der Waals surface area contributed by atoms with Gasteiger partial charge in [-0.15, -0.1) is 0 Å². The first kappa shape index (κ1) is 27.9. The number of nitrogens with zero attached hydrogens (tertiary/aromatic N) is 3. The molecule has 0 aliphatic heterocycles. The molecule has 194 valence electrons. The van der Waals surface area contributed by atoms with Crippen LogP contribution >= 0.6 is 0 Å². The standard InChI is InChI=1S/C24H29N3O9/c1-24(2,3)36-22(29)26(5)15-14-25(4)21(28)34-19-10-6-17(7-11-19)16-33-23(30)35-20-12-8-18(9-13-20)27(31)32/h6-13H,14-16H2,1-5H3. The molecule has 36 heavy (non-hydrogen) atoms. The number of carbonyl (C=O) groups is 3. The van der Waals surface area contributed by atoms with Gasteiger partial charge in [-0.05, 0) is 50.6 Å². The minimum Gasteiger partial charge on any atom is -0.444 e. The number of nitro benzene ring substituents is 1. The Balaban J connectivity index is 1.76. The molecule has 2 aromatic carbocycles. The number of amides is 2. The fourth-order valence-electron chi connectivity index (χ4n) is 2.56. The molecule has 12 heteroatoms. The number of nitro groups is 1. The second-order valence-electron chi connectivity index (χ2n) is 8.73. The van der Waals surface area contributed by atoms with Gasteiger partial charge in [-0.2, -0.15) is 0 Å². The predicted molar refractivity (Wildman–Crippen MR) is 128 cm³/mol. The Morgan fingerprint density at radius 2 is 1.33 bits per heavy atom. The number of ether oxygens (including phenoxy) is 4. The van der Waals surface area contributed by atoms with Gasteiger partial charge in [-0.25, -0.2) is 14.4 Å². The van der Waals surface area contributed by atoms with Gasteiger partial charge >= 0.3 is 18.3 Å². The van der Waals surface area contributed by atoms with Gasteiger partial charge < -0.3 is 28.7 Å². The third-order valence-electron chi connectivity index (χ3n) is 4.52. The van der Waals surface area contributed by atoms with E-state index in [-0.39, 0.29) is 36.9 Å². The van der Waals surface area contributed by atoms with Gasteiger partial charge in [0.15, 0.2) is 0 Å². The lowest BCUT2D eigenvalue weighted by Crippen LogP contribution is -2.40. The Morgan fingerprint density at radius 3 is 1.86 bits per heavy atom. The highest BCUT2D eigenvalue weighted by Gasteiger charge is 2.20. The van der Waals surface area contributed by atoms with Crippen LogP contribution in [0, 0.1) is 10.1 Å². The molecule has 0 heterocycles. The smallest absolute Gasteiger partial charge is 0.444 e. The second-order valence-corrected chi connectivity index (χ2v) is 8.73. The highest BCUT2D eigenvalue weighted by atomic mass is 16.7. The number of carbonyl (C=O) groups excluding carboxylic acids is 3. The molecule has 2 amide bonds. The summed E-state index contributed by atoms with van der Waals surface area (Å²) in [6.45, 7) is 5.70. The number of hydrogen-bond donors (Lipinski definition) is 0. The fourth-order valence-corrected chi connectivity index (χ4v) is 2.56. The van der Waals surface area contributed by atoms with Crippen molar-refractivity contribution in [1.82, 2.24) is 9.80 Å². The second kappa shape index (κ2) is 12.4. The largest absolute Gasteiger partial charge is 0.514 e. The van der Waals surface area contributed by atoms with Crippen molar-refractivity contribution in [3.05, 3.63) is 64.2 Å². The summed E-state index contributed by atoms with van der Waals surface area (Å²) >= 11 is 0. The fraction of sp³-hybridized carbons (Fsp3) is 0.375. The average Bonchev–Trinajstić information content (AvgIpc) is 2.81. The molecular formula is C24H29N3O9. The summed E-state index contributed by atoms with van der Waals surface area (Å²) in [5.41, 5.74) is -0.125. The molecule has 0 N–H and O–H groups in total. The van der Waals surface area contributed by atoms with Crippen molar-refractivity contribution in [2.24, 2.45) is 0 Å². The summed E-state index contributed by atoms with van der Waals surface area (Å²) in [4.78, 5) is 48.9. The Bertz CT molecular complexity index is 1060. The molecule has 0 atom stereocenters. The van der Waals surface area contributed by atoms with Crippen molar-refractivity contribution in [2.45, 2.75) is 33.0 Å². The normalized spacial score (nSPS) is 10.7. The number of rotatable bonds is 8. The van der Waals surface area contributed by atoms with Crippen molar-refractivity contribution >= 4 is 24.0 Å². The third kappa shape index (κ3) is 9.49. The van der Waals surface area contributed by atoms with Crippen LogP contribution in [0.4, 0.5) is 20.1 Å². The Hall–Kier alpha value is -4.35. The van der Waals surface area contributed by atoms with Gasteiger partial charge in [-0.3, -0.25) is 10.1 Å². The predicted octanol–water partition coefficient (Wildman–Crippen LogP) is 4.61. The van der Waals surface area contributed by atoms with Gasteiger partial charge in [0.1, 0.15) is 23.7 Å². The van der Waals surface area contributed by atoms with Crippen molar-refractivity contribution in [3.63, 3.8) is 0 Å². The van der Waals surface area contributed by atoms with E-state index in [1.807, 2.05) is 0 Å². The zero-order valence-electron chi connectivity index (χ0n) is 20.8. The Morgan fingerprint density at radius 1 is 0.833 bits per heavy atom. The minimum atomic E-state index is -0.975. The molecule has 12 nitrogen and oxygen atoms in total. The van der Waals surface area contributed by atoms with Gasteiger partial charge in [0, 0.05) is 39.3 Å². The summed E-state index contributed by atoms with van der Waals surface area (Å²) in [5, 5.41) is 10.7. The Labute approximate surface area is 208 Å². The van der Waals surface area contributed by atoms with Crippen molar-refractivity contribution in [3.8, 4) is 11.5 Å². The molecule has 0 spiro atoms. The molecule has 0 aromatic heterocycles. The van der Waals surface area contributed by atoms with E-state index in [2.05, 4.69) is 0 Å². The highest BCUT2D eigenvalue weighted by Crippen LogP contribution is 2.18. The van der Waals surface area contributed by atoms with Gasteiger partial charge in [0.2, 0.25) is 0 Å². The SMILES string of the molecule is CN(CCN(C)C(=O)OC(C)(C)C)C(=O)Oc1ccc(COC(=O)Oc2ccc([N+](=O)[O-])cc2)cc1. The molecule has 0 unspecified atom stereocenters. The summed E-state index contributed by atoms with van der Waals surface area (Å²) in [7, 11) is 3.12. The lowest BCUT2D eigenvalue weighted by atomic mass is 10.2. The number of benzene rings is 2. The van der Waals surface area contributed by atoms with Crippen LogP contribution in [0.3, 0.4) is 0 Å².